The van der Waals surface area contributed by atoms with Crippen LogP contribution in [0.25, 0.3) is 0 Å². The predicted octanol–water partition coefficient (Wildman–Crippen LogP) is 4.40. The van der Waals surface area contributed by atoms with Crippen LogP contribution in [0.1, 0.15) is 22.7 Å². The predicted molar refractivity (Wildman–Crippen MR) is 80.8 cm³/mol. The minimum Gasteiger partial charge on any atom is -0.313 e. The second kappa shape index (κ2) is 6.31. The first-order valence-electron chi connectivity index (χ1n) is 6.28. The van der Waals surface area contributed by atoms with Crippen molar-refractivity contribution in [1.82, 2.24) is 5.32 Å². The Kier molecular flexibility index (Phi) is 4.72. The Morgan fingerprint density at radius 2 is 1.95 bits per heavy atom. The molecule has 2 rings (SSSR count). The molecule has 0 aromatic heterocycles. The van der Waals surface area contributed by atoms with Crippen molar-refractivity contribution in [2.24, 2.45) is 0 Å². The molecule has 1 N–H and O–H groups in total. The molecule has 0 fully saturated rings. The Labute approximate surface area is 122 Å². The quantitative estimate of drug-likeness (QED) is 0.880. The molecular formula is C16H17BrFN. The van der Waals surface area contributed by atoms with E-state index < -0.39 is 0 Å². The van der Waals surface area contributed by atoms with Gasteiger partial charge in [-0.2, -0.15) is 0 Å². The second-order valence-corrected chi connectivity index (χ2v) is 5.55. The average molecular weight is 322 g/mol. The van der Waals surface area contributed by atoms with Crippen LogP contribution in [-0.2, 0) is 6.42 Å². The molecule has 0 aliphatic heterocycles. The van der Waals surface area contributed by atoms with E-state index in [-0.39, 0.29) is 11.9 Å². The Hall–Kier alpha value is -1.19. The zero-order valence-electron chi connectivity index (χ0n) is 11.1. The fourth-order valence-electron chi connectivity index (χ4n) is 2.24. The van der Waals surface area contributed by atoms with Gasteiger partial charge in [0.15, 0.2) is 0 Å². The van der Waals surface area contributed by atoms with Crippen LogP contribution in [0.2, 0.25) is 0 Å². The van der Waals surface area contributed by atoms with Crippen LogP contribution in [0, 0.1) is 12.7 Å². The lowest BCUT2D eigenvalue weighted by atomic mass is 9.97. The number of hydrogen-bond acceptors (Lipinski definition) is 1. The van der Waals surface area contributed by atoms with Gasteiger partial charge in [-0.15, -0.1) is 0 Å². The highest BCUT2D eigenvalue weighted by molar-refractivity contribution is 9.10. The molecule has 2 aromatic rings. The lowest BCUT2D eigenvalue weighted by Gasteiger charge is -2.18. The molecule has 0 radical (unpaired) electrons. The van der Waals surface area contributed by atoms with Gasteiger partial charge >= 0.3 is 0 Å². The van der Waals surface area contributed by atoms with E-state index in [1.54, 1.807) is 12.1 Å². The first-order valence-corrected chi connectivity index (χ1v) is 7.07. The number of aryl methyl sites for hydroxylation is 1. The molecule has 19 heavy (non-hydrogen) atoms. The van der Waals surface area contributed by atoms with Crippen molar-refractivity contribution in [3.63, 3.8) is 0 Å². The maximum atomic E-state index is 13.5. The summed E-state index contributed by atoms with van der Waals surface area (Å²) in [5.74, 6) is -0.178. The van der Waals surface area contributed by atoms with Crippen molar-refractivity contribution in [1.29, 1.82) is 0 Å². The highest BCUT2D eigenvalue weighted by Crippen LogP contribution is 2.24. The topological polar surface area (TPSA) is 12.0 Å². The van der Waals surface area contributed by atoms with Gasteiger partial charge in [-0.25, -0.2) is 4.39 Å². The molecule has 100 valence electrons. The van der Waals surface area contributed by atoms with E-state index in [0.717, 1.165) is 22.0 Å². The summed E-state index contributed by atoms with van der Waals surface area (Å²) in [6.45, 7) is 1.91. The van der Waals surface area contributed by atoms with Crippen LogP contribution in [0.15, 0.2) is 46.9 Å². The van der Waals surface area contributed by atoms with E-state index in [2.05, 4.69) is 27.3 Å². The van der Waals surface area contributed by atoms with Crippen LogP contribution in [0.3, 0.4) is 0 Å². The second-order valence-electron chi connectivity index (χ2n) is 4.70. The summed E-state index contributed by atoms with van der Waals surface area (Å²) in [7, 11) is 1.90. The molecule has 0 saturated carbocycles. The fraction of sp³-hybridized carbons (Fsp3) is 0.250. The molecule has 3 heteroatoms. The maximum Gasteiger partial charge on any atom is 0.123 e. The molecule has 0 aliphatic carbocycles. The number of likely N-dealkylation sites (N-methyl/N-ethyl adjacent to an activating group) is 1. The van der Waals surface area contributed by atoms with Gasteiger partial charge in [-0.3, -0.25) is 0 Å². The Balaban J connectivity index is 2.28. The highest BCUT2D eigenvalue weighted by atomic mass is 79.9. The van der Waals surface area contributed by atoms with Gasteiger partial charge in [0.05, 0.1) is 0 Å². The lowest BCUT2D eigenvalue weighted by Crippen LogP contribution is -2.19. The van der Waals surface area contributed by atoms with Gasteiger partial charge in [0.2, 0.25) is 0 Å². The van der Waals surface area contributed by atoms with Gasteiger partial charge < -0.3 is 5.32 Å². The van der Waals surface area contributed by atoms with Crippen LogP contribution in [0.4, 0.5) is 4.39 Å². The van der Waals surface area contributed by atoms with Crippen LogP contribution >= 0.6 is 15.9 Å². The molecule has 0 aliphatic rings. The molecule has 0 saturated heterocycles. The van der Waals surface area contributed by atoms with E-state index in [4.69, 9.17) is 0 Å². The first kappa shape index (κ1) is 14.2. The van der Waals surface area contributed by atoms with E-state index in [0.29, 0.717) is 0 Å². The standard InChI is InChI=1S/C16H17BrFN/c1-11-7-13(9-14(18)8-11)16(19-2)10-12-5-3-4-6-15(12)17/h3-9,16,19H,10H2,1-2H3. The molecule has 1 nitrogen and oxygen atoms in total. The summed E-state index contributed by atoms with van der Waals surface area (Å²) in [6.07, 6.45) is 0.820. The monoisotopic (exact) mass is 321 g/mol. The van der Waals surface area contributed by atoms with Crippen molar-refractivity contribution < 1.29 is 4.39 Å². The van der Waals surface area contributed by atoms with E-state index in [1.165, 1.54) is 5.56 Å². The summed E-state index contributed by atoms with van der Waals surface area (Å²) in [6, 6.07) is 13.4. The number of hydrogen-bond donors (Lipinski definition) is 1. The first-order chi connectivity index (χ1) is 9.10. The average Bonchev–Trinajstić information content (AvgIpc) is 2.36. The van der Waals surface area contributed by atoms with Gasteiger partial charge in [0, 0.05) is 10.5 Å². The number of rotatable bonds is 4. The number of benzene rings is 2. The van der Waals surface area contributed by atoms with Crippen molar-refractivity contribution in [2.75, 3.05) is 7.05 Å². The van der Waals surface area contributed by atoms with Gasteiger partial charge in [-0.1, -0.05) is 40.2 Å². The molecule has 1 atom stereocenters. The van der Waals surface area contributed by atoms with E-state index >= 15 is 0 Å². The maximum absolute atomic E-state index is 13.5. The molecule has 0 bridgehead atoms. The Bertz CT molecular complexity index is 548. The summed E-state index contributed by atoms with van der Waals surface area (Å²) in [4.78, 5) is 0. The molecular weight excluding hydrogens is 305 g/mol. The summed E-state index contributed by atoms with van der Waals surface area (Å²) in [5.41, 5.74) is 3.14. The largest absolute Gasteiger partial charge is 0.313 e. The van der Waals surface area contributed by atoms with Gasteiger partial charge in [0.1, 0.15) is 5.82 Å². The van der Waals surface area contributed by atoms with Crippen molar-refractivity contribution in [3.05, 3.63) is 69.4 Å². The molecule has 2 aromatic carbocycles. The smallest absolute Gasteiger partial charge is 0.123 e. The van der Waals surface area contributed by atoms with Crippen LogP contribution < -0.4 is 5.32 Å². The number of nitrogens with one attached hydrogen (secondary N) is 1. The van der Waals surface area contributed by atoms with E-state index in [1.807, 2.05) is 38.2 Å². The number of halogens is 2. The fourth-order valence-corrected chi connectivity index (χ4v) is 2.68. The summed E-state index contributed by atoms with van der Waals surface area (Å²) in [5, 5.41) is 3.26. The minimum atomic E-state index is -0.178. The molecule has 1 unspecified atom stereocenters. The third-order valence-corrected chi connectivity index (χ3v) is 3.97. The normalized spacial score (nSPS) is 12.4. The SMILES string of the molecule is CNC(Cc1ccccc1Br)c1cc(C)cc(F)c1. The highest BCUT2D eigenvalue weighted by Gasteiger charge is 2.13. The van der Waals surface area contributed by atoms with Crippen molar-refractivity contribution in [2.45, 2.75) is 19.4 Å². The summed E-state index contributed by atoms with van der Waals surface area (Å²) >= 11 is 3.55. The van der Waals surface area contributed by atoms with Crippen LogP contribution in [0.5, 0.6) is 0 Å². The Morgan fingerprint density at radius 1 is 1.21 bits per heavy atom. The summed E-state index contributed by atoms with van der Waals surface area (Å²) < 4.78 is 14.6. The van der Waals surface area contributed by atoms with E-state index in [9.17, 15) is 4.39 Å². The third kappa shape index (κ3) is 3.64. The van der Waals surface area contributed by atoms with Crippen LogP contribution in [-0.4, -0.2) is 7.05 Å². The van der Waals surface area contributed by atoms with Gasteiger partial charge in [-0.05, 0) is 55.3 Å². The van der Waals surface area contributed by atoms with Crippen molar-refractivity contribution >= 4 is 15.9 Å². The third-order valence-electron chi connectivity index (χ3n) is 3.20. The molecule has 0 amide bonds. The minimum absolute atomic E-state index is 0.105. The molecule has 0 heterocycles. The molecule has 0 spiro atoms. The lowest BCUT2D eigenvalue weighted by molar-refractivity contribution is 0.575. The van der Waals surface area contributed by atoms with Crippen molar-refractivity contribution in [3.8, 4) is 0 Å². The van der Waals surface area contributed by atoms with Gasteiger partial charge in [0.25, 0.3) is 0 Å². The zero-order chi connectivity index (χ0) is 13.8. The zero-order valence-corrected chi connectivity index (χ0v) is 12.7. The Morgan fingerprint density at radius 3 is 2.58 bits per heavy atom.